The van der Waals surface area contributed by atoms with Gasteiger partial charge in [-0.1, -0.05) is 170 Å². The Kier molecular flexibility index (Phi) is 33.0. The summed E-state index contributed by atoms with van der Waals surface area (Å²) >= 11 is 0. The number of carbonyl (C=O) groups is 10. The molecule has 0 saturated carbocycles. The summed E-state index contributed by atoms with van der Waals surface area (Å²) in [6, 6.07) is 71.0. The molecular formula is C100H100O33. The van der Waals surface area contributed by atoms with E-state index in [0.29, 0.717) is 16.9 Å². The third-order valence-electron chi connectivity index (χ3n) is 22.1. The first-order valence-corrected chi connectivity index (χ1v) is 43.1. The maximum absolute atomic E-state index is 15.2. The van der Waals surface area contributed by atoms with Crippen molar-refractivity contribution in [2.24, 2.45) is 0 Å². The number of carbonyl (C=O) groups excluding carboxylic acids is 10. The van der Waals surface area contributed by atoms with Crippen molar-refractivity contribution in [2.75, 3.05) is 20.3 Å². The zero-order chi connectivity index (χ0) is 93.6. The monoisotopic (exact) mass is 1830 g/mol. The molecule has 133 heavy (non-hydrogen) atoms. The molecule has 0 radical (unpaired) electrons. The average Bonchev–Trinajstić information content (AvgIpc) is 0.753. The maximum Gasteiger partial charge on any atom is 0.338 e. The van der Waals surface area contributed by atoms with Crippen molar-refractivity contribution in [3.63, 3.8) is 0 Å². The Morgan fingerprint density at radius 1 is 0.278 bits per heavy atom. The molecule has 14 rings (SSSR count). The Labute approximate surface area is 765 Å². The highest BCUT2D eigenvalue weighted by Gasteiger charge is 2.62. The zero-order valence-corrected chi connectivity index (χ0v) is 73.6. The first kappa shape index (κ1) is 95.9. The molecule has 24 atom stereocenters. The van der Waals surface area contributed by atoms with Crippen LogP contribution in [0, 0.1) is 0 Å². The molecule has 9 aromatic rings. The van der Waals surface area contributed by atoms with E-state index in [-0.39, 0.29) is 52.3 Å². The lowest BCUT2D eigenvalue weighted by atomic mass is 9.95. The lowest BCUT2D eigenvalue weighted by Crippen LogP contribution is -2.69. The van der Waals surface area contributed by atoms with E-state index in [9.17, 15) is 43.2 Å². The van der Waals surface area contributed by atoms with Gasteiger partial charge >= 0.3 is 59.7 Å². The van der Waals surface area contributed by atoms with Crippen molar-refractivity contribution in [3.8, 4) is 11.5 Å². The fourth-order valence-corrected chi connectivity index (χ4v) is 15.8. The molecule has 0 bridgehead atoms. The van der Waals surface area contributed by atoms with Crippen molar-refractivity contribution >= 4 is 59.7 Å². The van der Waals surface area contributed by atoms with Gasteiger partial charge in [-0.2, -0.15) is 0 Å². The summed E-state index contributed by atoms with van der Waals surface area (Å²) in [5.41, 5.74) is 1.32. The van der Waals surface area contributed by atoms with Gasteiger partial charge in [0, 0.05) is 27.7 Å². The molecular weight excluding hydrogens is 1730 g/mol. The van der Waals surface area contributed by atoms with Crippen LogP contribution < -0.4 is 9.47 Å². The van der Waals surface area contributed by atoms with E-state index in [1.165, 1.54) is 106 Å². The van der Waals surface area contributed by atoms with Gasteiger partial charge in [0.2, 0.25) is 6.29 Å². The smallest absolute Gasteiger partial charge is 0.338 e. The third kappa shape index (κ3) is 25.0. The number of methoxy groups -OCH3 is 1. The highest BCUT2D eigenvalue weighted by molar-refractivity contribution is 5.93. The summed E-state index contributed by atoms with van der Waals surface area (Å²) in [6.07, 6.45) is -43.1. The van der Waals surface area contributed by atoms with E-state index in [1.807, 2.05) is 60.7 Å². The van der Waals surface area contributed by atoms with E-state index in [0.717, 1.165) is 27.7 Å². The SMILES string of the molecule is COc1ccc(O[C@H]2O[C@H](C)[C@@H](OCc3ccccc3)[C@H](O[C@@H]3OC[C@@H](O[C@H]4O[C@H](COC(C)=O)[C@H](OC(C)=O)[C@H](OC(C)=O)[C@H]4O[C@@H]4O[C@H](C)[C@H](OC(=O)c5ccccc5)[C@H](OC(=O)c5ccccc5)[C@H]4OC(=O)c4ccccc4)[C@H](OC(C)=O)[C@H]3O[C@@H]3O[C@H](C)[C@@H](OC(=O)c4ccccc4)[C@H](OC(=O)c4ccccc4)[C@H]3OC(=O)c3ccccc3)[C@H]2OCc2ccccc2)cc1. The van der Waals surface area contributed by atoms with E-state index >= 15 is 4.79 Å². The number of esters is 10. The number of benzene rings is 9. The predicted molar refractivity (Wildman–Crippen MR) is 462 cm³/mol. The summed E-state index contributed by atoms with van der Waals surface area (Å²) in [5.74, 6) is -9.35. The van der Waals surface area contributed by atoms with Gasteiger partial charge in [0.05, 0.1) is 78.6 Å². The molecule has 0 N–H and O–H groups in total. The minimum Gasteiger partial charge on any atom is -0.497 e. The molecule has 5 fully saturated rings. The topological polar surface area (TPSA) is 383 Å². The van der Waals surface area contributed by atoms with E-state index in [2.05, 4.69) is 0 Å². The maximum atomic E-state index is 15.2. The van der Waals surface area contributed by atoms with Crippen LogP contribution in [0.4, 0.5) is 0 Å². The summed E-state index contributed by atoms with van der Waals surface area (Å²) < 4.78 is 153. The Morgan fingerprint density at radius 3 is 0.970 bits per heavy atom. The first-order chi connectivity index (χ1) is 64.4. The molecule has 33 nitrogen and oxygen atoms in total. The summed E-state index contributed by atoms with van der Waals surface area (Å²) in [7, 11) is 1.50. The van der Waals surface area contributed by atoms with Gasteiger partial charge in [-0.25, -0.2) is 28.8 Å². The Balaban J connectivity index is 0.937. The molecule has 5 aliphatic heterocycles. The Morgan fingerprint density at radius 2 is 0.586 bits per heavy atom. The van der Waals surface area contributed by atoms with Crippen LogP contribution in [0.3, 0.4) is 0 Å². The van der Waals surface area contributed by atoms with E-state index in [1.54, 1.807) is 128 Å². The lowest BCUT2D eigenvalue weighted by Gasteiger charge is -2.51. The molecule has 33 heteroatoms. The van der Waals surface area contributed by atoms with Crippen LogP contribution in [0.2, 0.25) is 0 Å². The molecule has 0 amide bonds. The fraction of sp³-hybridized carbons (Fsp3) is 0.360. The van der Waals surface area contributed by atoms with Crippen LogP contribution in [0.15, 0.2) is 267 Å². The molecule has 0 spiro atoms. The molecule has 5 saturated heterocycles. The van der Waals surface area contributed by atoms with Gasteiger partial charge in [-0.05, 0) is 129 Å². The second-order valence-corrected chi connectivity index (χ2v) is 31.6. The average molecular weight is 1830 g/mol. The van der Waals surface area contributed by atoms with E-state index in [4.69, 9.17) is 109 Å². The minimum atomic E-state index is -2.23. The zero-order valence-electron chi connectivity index (χ0n) is 73.6. The number of ether oxygens (including phenoxy) is 23. The summed E-state index contributed by atoms with van der Waals surface area (Å²) in [5, 5.41) is 0. The van der Waals surface area contributed by atoms with Gasteiger partial charge in [0.25, 0.3) is 0 Å². The molecule has 0 aliphatic carbocycles. The van der Waals surface area contributed by atoms with Crippen LogP contribution in [-0.2, 0) is 132 Å². The van der Waals surface area contributed by atoms with Crippen molar-refractivity contribution in [2.45, 2.75) is 209 Å². The highest BCUT2D eigenvalue weighted by atomic mass is 16.8. The second kappa shape index (κ2) is 45.8. The second-order valence-electron chi connectivity index (χ2n) is 31.6. The normalized spacial score (nSPS) is 27.8. The fourth-order valence-electron chi connectivity index (χ4n) is 15.8. The Hall–Kier alpha value is -13.2. The number of hydrogen-bond acceptors (Lipinski definition) is 33. The van der Waals surface area contributed by atoms with Gasteiger partial charge in [-0.15, -0.1) is 0 Å². The molecule has 9 aromatic carbocycles. The minimum absolute atomic E-state index is 0.0111. The lowest BCUT2D eigenvalue weighted by molar-refractivity contribution is -0.397. The van der Waals surface area contributed by atoms with Crippen molar-refractivity contribution in [3.05, 3.63) is 311 Å². The standard InChI is InChI=1S/C100H100O33/c1-57-76(113-53-64-33-17-9-18-34-64)81(85(114-54-65-35-19-10-20-36-65)97(116-57)122-73-51-49-72(111-8)50-52-73)131-96-86(132-98-87(129-94(109)70-45-29-15-30-46-70)82(127-92(107)68-41-25-13-26-42-68)77(58(2)117-98)125-90(105)66-37-21-11-22-38-66)80(120-62(6)103)75(56-115-96)124-100-89(84(121-63(7)104)79(119-61(5)102)74(123-100)55-112-60(4)101)133-99-88(130-95(110)71-47-31-16-32-48-71)83(128-93(108)69-43-27-14-28-44-69)78(59(3)118-99)126-91(106)67-39-23-12-24-40-67/h9-52,57-59,74-89,96-100H,53-56H2,1-8H3/t57-,58-,59-,74-,75-,76-,77-,78+,79+,80+,81+,82+,83+,84+,85-,86-,87-,88-,89-,96+,97-,98+,99+,100-/m1/s1. The molecule has 5 heterocycles. The largest absolute Gasteiger partial charge is 0.497 e. The Bertz CT molecular complexity index is 5340. The molecule has 0 aromatic heterocycles. The van der Waals surface area contributed by atoms with Crippen molar-refractivity contribution in [1.29, 1.82) is 0 Å². The van der Waals surface area contributed by atoms with Crippen LogP contribution >= 0.6 is 0 Å². The predicted octanol–water partition coefficient (Wildman–Crippen LogP) is 11.8. The molecule has 698 valence electrons. The molecule has 5 aliphatic rings. The molecule has 0 unspecified atom stereocenters. The summed E-state index contributed by atoms with van der Waals surface area (Å²) in [6.45, 7) is 6.89. The van der Waals surface area contributed by atoms with Crippen molar-refractivity contribution < 1.29 is 157 Å². The van der Waals surface area contributed by atoms with Gasteiger partial charge in [0.1, 0.15) is 48.6 Å². The quantitative estimate of drug-likeness (QED) is 0.0267. The summed E-state index contributed by atoms with van der Waals surface area (Å²) in [4.78, 5) is 145. The van der Waals surface area contributed by atoms with Gasteiger partial charge < -0.3 is 109 Å². The van der Waals surface area contributed by atoms with Crippen LogP contribution in [0.5, 0.6) is 11.5 Å². The number of hydrogen-bond donors (Lipinski definition) is 0. The van der Waals surface area contributed by atoms with Crippen molar-refractivity contribution in [1.82, 2.24) is 0 Å². The number of rotatable bonds is 34. The van der Waals surface area contributed by atoms with Crippen LogP contribution in [-0.4, -0.2) is 227 Å². The first-order valence-electron chi connectivity index (χ1n) is 43.1. The van der Waals surface area contributed by atoms with Gasteiger partial charge in [0.15, 0.2) is 92.3 Å². The third-order valence-corrected chi connectivity index (χ3v) is 22.1. The highest BCUT2D eigenvalue weighted by Crippen LogP contribution is 2.43. The van der Waals surface area contributed by atoms with E-state index < -0.39 is 220 Å². The van der Waals surface area contributed by atoms with Crippen LogP contribution in [0.1, 0.15) is 122 Å². The van der Waals surface area contributed by atoms with Crippen LogP contribution in [0.25, 0.3) is 0 Å². The van der Waals surface area contributed by atoms with Gasteiger partial charge in [-0.3, -0.25) is 19.2 Å².